The summed E-state index contributed by atoms with van der Waals surface area (Å²) < 4.78 is 0. The van der Waals surface area contributed by atoms with Crippen molar-refractivity contribution in [2.45, 2.75) is 26.9 Å². The smallest absolute Gasteiger partial charge is 0.0650 e. The Labute approximate surface area is 74.8 Å². The van der Waals surface area contributed by atoms with Gasteiger partial charge in [0.05, 0.1) is 12.7 Å². The Morgan fingerprint density at radius 1 is 1.42 bits per heavy atom. The Morgan fingerprint density at radius 2 is 1.92 bits per heavy atom. The molecule has 0 aromatic carbocycles. The molecule has 0 saturated heterocycles. The molecule has 0 aromatic rings. The van der Waals surface area contributed by atoms with Crippen LogP contribution in [0.2, 0.25) is 0 Å². The van der Waals surface area contributed by atoms with Crippen molar-refractivity contribution in [3.05, 3.63) is 0 Å². The van der Waals surface area contributed by atoms with Crippen molar-refractivity contribution in [3.8, 4) is 0 Å². The summed E-state index contributed by atoms with van der Waals surface area (Å²) in [4.78, 5) is 0. The fraction of sp³-hybridized carbons (Fsp3) is 1.00. The first-order valence-corrected chi connectivity index (χ1v) is 4.39. The van der Waals surface area contributed by atoms with E-state index in [0.29, 0.717) is 0 Å². The highest BCUT2D eigenvalue weighted by molar-refractivity contribution is 4.81. The highest BCUT2D eigenvalue weighted by Crippen LogP contribution is 2.24. The number of nitrogens with one attached hydrogen (secondary N) is 1. The number of rotatable bonds is 5. The van der Waals surface area contributed by atoms with E-state index < -0.39 is 11.5 Å². The topological polar surface area (TPSA) is 52.5 Å². The molecule has 0 aliphatic carbocycles. The first-order chi connectivity index (χ1) is 5.45. The van der Waals surface area contributed by atoms with Crippen LogP contribution in [-0.2, 0) is 0 Å². The molecule has 0 spiro atoms. The maximum absolute atomic E-state index is 9.78. The van der Waals surface area contributed by atoms with Crippen molar-refractivity contribution in [1.29, 1.82) is 0 Å². The van der Waals surface area contributed by atoms with Gasteiger partial charge in [-0.2, -0.15) is 0 Å². The van der Waals surface area contributed by atoms with Crippen molar-refractivity contribution < 1.29 is 10.2 Å². The summed E-state index contributed by atoms with van der Waals surface area (Å²) in [6, 6.07) is 0. The molecule has 2 atom stereocenters. The third-order valence-corrected chi connectivity index (χ3v) is 2.27. The predicted octanol–water partition coefficient (Wildman–Crippen LogP) is 0.221. The van der Waals surface area contributed by atoms with Crippen molar-refractivity contribution in [3.63, 3.8) is 0 Å². The molecule has 0 bridgehead atoms. The molecular weight excluding hydrogens is 154 g/mol. The zero-order valence-electron chi connectivity index (χ0n) is 8.46. The van der Waals surface area contributed by atoms with E-state index in [9.17, 15) is 5.11 Å². The van der Waals surface area contributed by atoms with Crippen molar-refractivity contribution in [1.82, 2.24) is 5.32 Å². The van der Waals surface area contributed by atoms with Crippen LogP contribution in [0.1, 0.15) is 20.8 Å². The molecule has 0 aliphatic rings. The number of hydrogen-bond acceptors (Lipinski definition) is 3. The van der Waals surface area contributed by atoms with E-state index in [1.165, 1.54) is 0 Å². The minimum atomic E-state index is -0.463. The van der Waals surface area contributed by atoms with Crippen LogP contribution < -0.4 is 5.32 Å². The third-order valence-electron chi connectivity index (χ3n) is 2.27. The van der Waals surface area contributed by atoms with Gasteiger partial charge >= 0.3 is 0 Å². The molecule has 0 heterocycles. The molecule has 0 aliphatic heterocycles. The highest BCUT2D eigenvalue weighted by Gasteiger charge is 2.30. The second-order valence-corrected chi connectivity index (χ2v) is 4.13. The summed E-state index contributed by atoms with van der Waals surface area (Å²) in [5, 5.41) is 21.8. The van der Waals surface area contributed by atoms with E-state index in [-0.39, 0.29) is 12.5 Å². The normalized spacial score (nSPS) is 17.5. The minimum Gasteiger partial charge on any atom is -0.396 e. The fourth-order valence-electron chi connectivity index (χ4n) is 1.30. The lowest BCUT2D eigenvalue weighted by molar-refractivity contribution is -0.0242. The van der Waals surface area contributed by atoms with Crippen LogP contribution in [0.3, 0.4) is 0 Å². The van der Waals surface area contributed by atoms with Crippen molar-refractivity contribution in [2.75, 3.05) is 20.2 Å². The summed E-state index contributed by atoms with van der Waals surface area (Å²) in [5.74, 6) is 0.164. The average Bonchev–Trinajstić information content (AvgIpc) is 2.03. The molecule has 74 valence electrons. The quantitative estimate of drug-likeness (QED) is 0.560. The van der Waals surface area contributed by atoms with Crippen LogP contribution in [0.5, 0.6) is 0 Å². The summed E-state index contributed by atoms with van der Waals surface area (Å²) in [5.41, 5.74) is -0.406. The van der Waals surface area contributed by atoms with Gasteiger partial charge in [0.2, 0.25) is 0 Å². The summed E-state index contributed by atoms with van der Waals surface area (Å²) >= 11 is 0. The van der Waals surface area contributed by atoms with Crippen LogP contribution in [0.4, 0.5) is 0 Å². The van der Waals surface area contributed by atoms with Gasteiger partial charge in [-0.05, 0) is 19.5 Å². The van der Waals surface area contributed by atoms with Crippen LogP contribution in [0, 0.1) is 11.3 Å². The van der Waals surface area contributed by atoms with E-state index in [0.717, 1.165) is 6.54 Å². The molecule has 0 saturated carbocycles. The Morgan fingerprint density at radius 3 is 2.25 bits per heavy atom. The summed E-state index contributed by atoms with van der Waals surface area (Å²) in [6.45, 7) is 6.49. The van der Waals surface area contributed by atoms with E-state index in [1.54, 1.807) is 0 Å². The maximum atomic E-state index is 9.78. The van der Waals surface area contributed by atoms with Crippen molar-refractivity contribution in [2.24, 2.45) is 11.3 Å². The molecule has 0 fully saturated rings. The van der Waals surface area contributed by atoms with Gasteiger partial charge in [0.25, 0.3) is 0 Å². The zero-order chi connectivity index (χ0) is 9.78. The first-order valence-electron chi connectivity index (χ1n) is 4.39. The second kappa shape index (κ2) is 4.80. The number of aliphatic hydroxyl groups is 2. The molecule has 0 aromatic heterocycles. The SMILES string of the molecule is CNCC(C)C(O)C(C)(C)CO. The lowest BCUT2D eigenvalue weighted by Crippen LogP contribution is -2.40. The van der Waals surface area contributed by atoms with Crippen LogP contribution in [0.25, 0.3) is 0 Å². The largest absolute Gasteiger partial charge is 0.396 e. The molecule has 0 rings (SSSR count). The van der Waals surface area contributed by atoms with Gasteiger partial charge in [-0.1, -0.05) is 20.8 Å². The van der Waals surface area contributed by atoms with E-state index in [1.807, 2.05) is 27.8 Å². The van der Waals surface area contributed by atoms with E-state index >= 15 is 0 Å². The van der Waals surface area contributed by atoms with Crippen LogP contribution >= 0.6 is 0 Å². The minimum absolute atomic E-state index is 0.0161. The number of hydrogen-bond donors (Lipinski definition) is 3. The standard InChI is InChI=1S/C9H21NO2/c1-7(5-10-4)8(12)9(2,3)6-11/h7-8,10-12H,5-6H2,1-4H3. The summed E-state index contributed by atoms with van der Waals surface area (Å²) in [6.07, 6.45) is -0.463. The third kappa shape index (κ3) is 3.09. The Kier molecular flexibility index (Phi) is 4.75. The van der Waals surface area contributed by atoms with Gasteiger partial charge in [-0.3, -0.25) is 0 Å². The van der Waals surface area contributed by atoms with Gasteiger partial charge in [-0.15, -0.1) is 0 Å². The molecular formula is C9H21NO2. The Hall–Kier alpha value is -0.120. The monoisotopic (exact) mass is 175 g/mol. The first kappa shape index (κ1) is 11.9. The van der Waals surface area contributed by atoms with E-state index in [4.69, 9.17) is 5.11 Å². The van der Waals surface area contributed by atoms with Gasteiger partial charge in [-0.25, -0.2) is 0 Å². The second-order valence-electron chi connectivity index (χ2n) is 4.13. The Balaban J connectivity index is 4.07. The predicted molar refractivity (Wildman–Crippen MR) is 50.0 cm³/mol. The summed E-state index contributed by atoms with van der Waals surface area (Å²) in [7, 11) is 1.86. The molecule has 3 heteroatoms. The lowest BCUT2D eigenvalue weighted by Gasteiger charge is -2.32. The average molecular weight is 175 g/mol. The molecule has 0 amide bonds. The molecule has 0 radical (unpaired) electrons. The van der Waals surface area contributed by atoms with Gasteiger partial charge in [0, 0.05) is 5.41 Å². The highest BCUT2D eigenvalue weighted by atomic mass is 16.3. The van der Waals surface area contributed by atoms with Crippen LogP contribution in [-0.4, -0.2) is 36.5 Å². The molecule has 2 unspecified atom stereocenters. The lowest BCUT2D eigenvalue weighted by atomic mass is 9.81. The zero-order valence-corrected chi connectivity index (χ0v) is 8.46. The molecule has 3 nitrogen and oxygen atoms in total. The molecule has 3 N–H and O–H groups in total. The van der Waals surface area contributed by atoms with Gasteiger partial charge < -0.3 is 15.5 Å². The maximum Gasteiger partial charge on any atom is 0.0650 e. The van der Waals surface area contributed by atoms with Gasteiger partial charge in [0.1, 0.15) is 0 Å². The van der Waals surface area contributed by atoms with E-state index in [2.05, 4.69) is 5.32 Å². The van der Waals surface area contributed by atoms with Gasteiger partial charge in [0.15, 0.2) is 0 Å². The number of aliphatic hydroxyl groups excluding tert-OH is 2. The fourth-order valence-corrected chi connectivity index (χ4v) is 1.30. The van der Waals surface area contributed by atoms with Crippen molar-refractivity contribution >= 4 is 0 Å². The molecule has 12 heavy (non-hydrogen) atoms. The Bertz CT molecular complexity index is 126. The van der Waals surface area contributed by atoms with Crippen LogP contribution in [0.15, 0.2) is 0 Å².